The van der Waals surface area contributed by atoms with Gasteiger partial charge in [0.15, 0.2) is 0 Å². The monoisotopic (exact) mass is 256 g/mol. The summed E-state index contributed by atoms with van der Waals surface area (Å²) < 4.78 is 13.1. The van der Waals surface area contributed by atoms with Crippen molar-refractivity contribution in [3.8, 4) is 0 Å². The van der Waals surface area contributed by atoms with E-state index in [-0.39, 0.29) is 30.1 Å². The van der Waals surface area contributed by atoms with Gasteiger partial charge < -0.3 is 21.3 Å². The molecular weight excluding hydrogens is 239 g/mol. The van der Waals surface area contributed by atoms with E-state index in [9.17, 15) is 19.4 Å². The Labute approximate surface area is 104 Å². The van der Waals surface area contributed by atoms with Crippen molar-refractivity contribution < 1.29 is 19.4 Å². The Morgan fingerprint density at radius 1 is 1.44 bits per heavy atom. The van der Waals surface area contributed by atoms with Crippen molar-refractivity contribution >= 4 is 11.6 Å². The highest BCUT2D eigenvalue weighted by Gasteiger charge is 2.19. The number of anilines is 1. The van der Waals surface area contributed by atoms with Crippen molar-refractivity contribution in [1.29, 1.82) is 0 Å². The van der Waals surface area contributed by atoms with Crippen LogP contribution in [-0.2, 0) is 4.79 Å². The Hall–Kier alpha value is -1.66. The largest absolute Gasteiger partial charge is 0.399 e. The Bertz CT molecular complexity index is 406. The molecule has 0 saturated carbocycles. The van der Waals surface area contributed by atoms with E-state index in [1.165, 1.54) is 13.0 Å². The van der Waals surface area contributed by atoms with E-state index in [4.69, 9.17) is 5.73 Å². The van der Waals surface area contributed by atoms with Gasteiger partial charge in [-0.15, -0.1) is 0 Å². The number of hydrogen-bond donors (Lipinski definition) is 4. The molecule has 6 heteroatoms. The Morgan fingerprint density at radius 3 is 2.67 bits per heavy atom. The zero-order valence-corrected chi connectivity index (χ0v) is 10.1. The van der Waals surface area contributed by atoms with Crippen LogP contribution in [0, 0.1) is 5.82 Å². The minimum Gasteiger partial charge on any atom is -0.399 e. The van der Waals surface area contributed by atoms with Crippen molar-refractivity contribution in [2.75, 3.05) is 12.3 Å². The normalized spacial score (nSPS) is 14.0. The lowest BCUT2D eigenvalue weighted by Gasteiger charge is -2.18. The lowest BCUT2D eigenvalue weighted by atomic mass is 10.0. The van der Waals surface area contributed by atoms with Crippen LogP contribution < -0.4 is 11.1 Å². The number of rotatable bonds is 5. The number of nitrogen functional groups attached to an aromatic ring is 1. The van der Waals surface area contributed by atoms with E-state index >= 15 is 0 Å². The van der Waals surface area contributed by atoms with Gasteiger partial charge in [-0.1, -0.05) is 0 Å². The number of nitrogens with two attached hydrogens (primary N) is 1. The molecule has 100 valence electrons. The number of aliphatic hydroxyl groups is 2. The van der Waals surface area contributed by atoms with Crippen LogP contribution in [0.5, 0.6) is 0 Å². The molecule has 18 heavy (non-hydrogen) atoms. The summed E-state index contributed by atoms with van der Waals surface area (Å²) in [6.45, 7) is 1.59. The molecule has 1 aromatic carbocycles. The predicted molar refractivity (Wildman–Crippen MR) is 65.1 cm³/mol. The molecule has 0 aliphatic carbocycles. The number of carbonyl (C=O) groups is 1. The first-order chi connectivity index (χ1) is 8.40. The SMILES string of the molecule is CC(=O)NCCC(O)C(O)c1cc(N)cc(F)c1. The summed E-state index contributed by atoms with van der Waals surface area (Å²) in [4.78, 5) is 10.6. The maximum atomic E-state index is 13.1. The molecule has 2 atom stereocenters. The number of amides is 1. The first-order valence-electron chi connectivity index (χ1n) is 5.56. The third-order valence-corrected chi connectivity index (χ3v) is 2.46. The van der Waals surface area contributed by atoms with E-state index in [2.05, 4.69) is 5.32 Å². The van der Waals surface area contributed by atoms with Gasteiger partial charge in [-0.2, -0.15) is 0 Å². The summed E-state index contributed by atoms with van der Waals surface area (Å²) in [7, 11) is 0. The van der Waals surface area contributed by atoms with Gasteiger partial charge in [-0.3, -0.25) is 4.79 Å². The molecule has 0 aromatic heterocycles. The maximum Gasteiger partial charge on any atom is 0.216 e. The molecule has 0 bridgehead atoms. The average Bonchev–Trinajstić information content (AvgIpc) is 2.26. The molecule has 1 rings (SSSR count). The molecule has 0 aliphatic rings. The van der Waals surface area contributed by atoms with Gasteiger partial charge in [0.2, 0.25) is 5.91 Å². The van der Waals surface area contributed by atoms with Crippen molar-refractivity contribution in [2.24, 2.45) is 0 Å². The first-order valence-corrected chi connectivity index (χ1v) is 5.56. The number of halogens is 1. The smallest absolute Gasteiger partial charge is 0.216 e. The molecule has 0 spiro atoms. The number of benzene rings is 1. The molecule has 1 amide bonds. The van der Waals surface area contributed by atoms with Crippen LogP contribution in [0.3, 0.4) is 0 Å². The third kappa shape index (κ3) is 4.31. The number of nitrogens with one attached hydrogen (secondary N) is 1. The van der Waals surface area contributed by atoms with Crippen LogP contribution in [-0.4, -0.2) is 28.8 Å². The van der Waals surface area contributed by atoms with E-state index < -0.39 is 18.0 Å². The second-order valence-corrected chi connectivity index (χ2v) is 4.10. The van der Waals surface area contributed by atoms with Crippen LogP contribution in [0.25, 0.3) is 0 Å². The Kier molecular flexibility index (Phi) is 5.06. The quantitative estimate of drug-likeness (QED) is 0.571. The second kappa shape index (κ2) is 6.32. The Morgan fingerprint density at radius 2 is 2.11 bits per heavy atom. The zero-order chi connectivity index (χ0) is 13.7. The molecule has 0 fully saturated rings. The van der Waals surface area contributed by atoms with Crippen molar-refractivity contribution in [3.63, 3.8) is 0 Å². The van der Waals surface area contributed by atoms with Crippen LogP contribution in [0.1, 0.15) is 25.0 Å². The van der Waals surface area contributed by atoms with Gasteiger partial charge in [-0.05, 0) is 30.2 Å². The fourth-order valence-electron chi connectivity index (χ4n) is 1.58. The minimum absolute atomic E-state index is 0.164. The molecule has 0 radical (unpaired) electrons. The molecule has 5 nitrogen and oxygen atoms in total. The van der Waals surface area contributed by atoms with Crippen molar-refractivity contribution in [2.45, 2.75) is 25.6 Å². The standard InChI is InChI=1S/C12H17FN2O3/c1-7(16)15-3-2-11(17)12(18)8-4-9(13)6-10(14)5-8/h4-6,11-12,17-18H,2-3,14H2,1H3,(H,15,16). The summed E-state index contributed by atoms with van der Waals surface area (Å²) in [5.41, 5.74) is 5.84. The van der Waals surface area contributed by atoms with Gasteiger partial charge in [0, 0.05) is 19.2 Å². The van der Waals surface area contributed by atoms with Crippen molar-refractivity contribution in [3.05, 3.63) is 29.6 Å². The highest BCUT2D eigenvalue weighted by Crippen LogP contribution is 2.22. The summed E-state index contributed by atoms with van der Waals surface area (Å²) in [6, 6.07) is 3.64. The number of aliphatic hydroxyl groups excluding tert-OH is 2. The van der Waals surface area contributed by atoms with E-state index in [0.29, 0.717) is 0 Å². The highest BCUT2D eigenvalue weighted by molar-refractivity contribution is 5.72. The second-order valence-electron chi connectivity index (χ2n) is 4.10. The third-order valence-electron chi connectivity index (χ3n) is 2.46. The molecular formula is C12H17FN2O3. The number of hydrogen-bond acceptors (Lipinski definition) is 4. The molecule has 2 unspecified atom stereocenters. The molecule has 0 heterocycles. The summed E-state index contributed by atoms with van der Waals surface area (Å²) in [5.74, 6) is -0.787. The lowest BCUT2D eigenvalue weighted by Crippen LogP contribution is -2.27. The van der Waals surface area contributed by atoms with Gasteiger partial charge in [0.25, 0.3) is 0 Å². The summed E-state index contributed by atoms with van der Waals surface area (Å²) in [5, 5.41) is 22.0. The fourth-order valence-corrected chi connectivity index (χ4v) is 1.58. The van der Waals surface area contributed by atoms with E-state index in [0.717, 1.165) is 12.1 Å². The highest BCUT2D eigenvalue weighted by atomic mass is 19.1. The molecule has 0 saturated heterocycles. The zero-order valence-electron chi connectivity index (χ0n) is 10.1. The summed E-state index contributed by atoms with van der Waals surface area (Å²) in [6.07, 6.45) is -2.17. The lowest BCUT2D eigenvalue weighted by molar-refractivity contribution is -0.119. The predicted octanol–water partition coefficient (Wildman–Crippen LogP) is 0.328. The van der Waals surface area contributed by atoms with Gasteiger partial charge in [0.1, 0.15) is 11.9 Å². The van der Waals surface area contributed by atoms with Crippen LogP contribution in [0.2, 0.25) is 0 Å². The van der Waals surface area contributed by atoms with Crippen LogP contribution in [0.4, 0.5) is 10.1 Å². The Balaban J connectivity index is 2.62. The van der Waals surface area contributed by atoms with Crippen LogP contribution >= 0.6 is 0 Å². The number of carbonyl (C=O) groups excluding carboxylic acids is 1. The van der Waals surface area contributed by atoms with Gasteiger partial charge in [0.05, 0.1) is 6.10 Å². The van der Waals surface area contributed by atoms with Crippen molar-refractivity contribution in [1.82, 2.24) is 5.32 Å². The molecule has 1 aromatic rings. The van der Waals surface area contributed by atoms with Gasteiger partial charge >= 0.3 is 0 Å². The molecule has 5 N–H and O–H groups in total. The van der Waals surface area contributed by atoms with Crippen LogP contribution in [0.15, 0.2) is 18.2 Å². The average molecular weight is 256 g/mol. The van der Waals surface area contributed by atoms with E-state index in [1.54, 1.807) is 0 Å². The summed E-state index contributed by atoms with van der Waals surface area (Å²) >= 11 is 0. The topological polar surface area (TPSA) is 95.6 Å². The molecule has 0 aliphatic heterocycles. The minimum atomic E-state index is -1.24. The van der Waals surface area contributed by atoms with E-state index in [1.807, 2.05) is 0 Å². The first kappa shape index (κ1) is 14.4. The maximum absolute atomic E-state index is 13.1. The van der Waals surface area contributed by atoms with Gasteiger partial charge in [-0.25, -0.2) is 4.39 Å². The fraction of sp³-hybridized carbons (Fsp3) is 0.417.